The third-order valence-electron chi connectivity index (χ3n) is 10.8. The molecule has 2 aliphatic rings. The zero-order valence-corrected chi connectivity index (χ0v) is 42.8. The van der Waals surface area contributed by atoms with Gasteiger partial charge in [0.2, 0.25) is 0 Å². The van der Waals surface area contributed by atoms with Crippen LogP contribution < -0.4 is 21.3 Å². The van der Waals surface area contributed by atoms with Crippen LogP contribution in [-0.4, -0.2) is 237 Å². The molecule has 10 N–H and O–H groups in total. The lowest BCUT2D eigenvalue weighted by molar-refractivity contribution is -0.140. The molecule has 0 bridgehead atoms. The number of nitrogens with one attached hydrogen (secondary N) is 4. The van der Waals surface area contributed by atoms with E-state index in [4.69, 9.17) is 24.4 Å². The molecule has 0 radical (unpaired) electrons. The predicted molar refractivity (Wildman–Crippen MR) is 276 cm³/mol. The van der Waals surface area contributed by atoms with Gasteiger partial charge in [-0.3, -0.25) is 58.2 Å². The molecule has 2 heterocycles. The molecule has 2 saturated heterocycles. The Morgan fingerprint density at radius 3 is 0.971 bits per heavy atom. The molecular formula is C46H74N10O12S2. The van der Waals surface area contributed by atoms with Crippen molar-refractivity contribution in [3.63, 3.8) is 0 Å². The molecule has 24 heteroatoms. The summed E-state index contributed by atoms with van der Waals surface area (Å²) in [4.78, 5) is 78.8. The second-order valence-electron chi connectivity index (χ2n) is 15.8. The van der Waals surface area contributed by atoms with Gasteiger partial charge in [0.15, 0.2) is 10.2 Å². The Bertz CT molecular complexity index is 1810. The lowest BCUT2D eigenvalue weighted by Gasteiger charge is -2.33. The van der Waals surface area contributed by atoms with Gasteiger partial charge in [0, 0.05) is 103 Å². The molecule has 0 aromatic heterocycles. The molecule has 392 valence electrons. The molecule has 0 amide bonds. The van der Waals surface area contributed by atoms with Crippen molar-refractivity contribution in [3.05, 3.63) is 59.7 Å². The van der Waals surface area contributed by atoms with E-state index in [1.807, 2.05) is 76.2 Å². The number of anilines is 2. The Kier molecular flexibility index (Phi) is 30.9. The van der Waals surface area contributed by atoms with Gasteiger partial charge in [0.05, 0.1) is 39.3 Å². The molecule has 2 unspecified atom stereocenters. The van der Waals surface area contributed by atoms with Crippen LogP contribution in [0.3, 0.4) is 0 Å². The summed E-state index contributed by atoms with van der Waals surface area (Å²) in [5.74, 6) is -5.92. The standard InChI is InChI=1S/2C21H31N5O6S.2C2H6/c2*1-22-21(33)23-16-4-2-15(3-5-16)10-17-11-25(13-19(29)30)7-6-24(12-18(27)28)8-9-26(17)14-20(31)32;2*1-2/h2*2-5,17H,6-14H2,1H3,(H,27,28)(H,29,30)(H,31,32)(H2,22,23,33);2*1-2H3. The Hall–Kier alpha value is -5.60. The van der Waals surface area contributed by atoms with E-state index in [2.05, 4.69) is 21.3 Å². The summed E-state index contributed by atoms with van der Waals surface area (Å²) < 4.78 is 0. The van der Waals surface area contributed by atoms with Gasteiger partial charge in [-0.05, 0) is 72.7 Å². The molecule has 2 fully saturated rings. The normalized spacial score (nSPS) is 17.6. The van der Waals surface area contributed by atoms with Gasteiger partial charge >= 0.3 is 35.8 Å². The number of hydrogen-bond donors (Lipinski definition) is 10. The van der Waals surface area contributed by atoms with E-state index in [1.54, 1.807) is 43.5 Å². The predicted octanol–water partition coefficient (Wildman–Crippen LogP) is 1.43. The number of benzene rings is 2. The van der Waals surface area contributed by atoms with Gasteiger partial charge in [-0.2, -0.15) is 0 Å². The van der Waals surface area contributed by atoms with Crippen LogP contribution in [0.1, 0.15) is 38.8 Å². The van der Waals surface area contributed by atoms with Crippen molar-refractivity contribution in [2.45, 2.75) is 52.6 Å². The first kappa shape index (κ1) is 62.4. The second kappa shape index (κ2) is 34.7. The van der Waals surface area contributed by atoms with E-state index in [-0.39, 0.29) is 51.4 Å². The van der Waals surface area contributed by atoms with Gasteiger partial charge in [0.1, 0.15) is 0 Å². The monoisotopic (exact) mass is 1020 g/mol. The SMILES string of the molecule is CC.CC.CNC(=S)Nc1ccc(CC2CN(CC(=O)O)CCN(CC(=O)O)CCN2CC(=O)O)cc1.CNC(=S)Nc1ccc(CC2CN(CC(=O)O)CCN(CC(=O)O)CCN2CC(=O)O)cc1. The molecule has 0 aliphatic carbocycles. The fourth-order valence-corrected chi connectivity index (χ4v) is 7.84. The van der Waals surface area contributed by atoms with E-state index in [0.29, 0.717) is 88.5 Å². The highest BCUT2D eigenvalue weighted by molar-refractivity contribution is 7.80. The smallest absolute Gasteiger partial charge is 0.317 e. The first-order valence-corrected chi connectivity index (χ1v) is 24.0. The summed E-state index contributed by atoms with van der Waals surface area (Å²) in [6, 6.07) is 14.7. The third-order valence-corrected chi connectivity index (χ3v) is 11.4. The minimum Gasteiger partial charge on any atom is -0.480 e. The van der Waals surface area contributed by atoms with Crippen LogP contribution in [-0.2, 0) is 41.6 Å². The van der Waals surface area contributed by atoms with Crippen LogP contribution in [0.25, 0.3) is 0 Å². The minimum absolute atomic E-state index is 0.185. The summed E-state index contributed by atoms with van der Waals surface area (Å²) in [6.07, 6.45) is 1.03. The Morgan fingerprint density at radius 2 is 0.700 bits per heavy atom. The summed E-state index contributed by atoms with van der Waals surface area (Å²) >= 11 is 10.2. The van der Waals surface area contributed by atoms with Crippen LogP contribution in [0.15, 0.2) is 48.5 Å². The fraction of sp³-hybridized carbons (Fsp3) is 0.565. The number of aliphatic carboxylic acids is 6. The molecule has 2 aromatic carbocycles. The highest BCUT2D eigenvalue weighted by atomic mass is 32.1. The fourth-order valence-electron chi connectivity index (χ4n) is 7.60. The number of carboxylic acids is 6. The van der Waals surface area contributed by atoms with E-state index < -0.39 is 35.8 Å². The molecule has 70 heavy (non-hydrogen) atoms. The van der Waals surface area contributed by atoms with Crippen LogP contribution in [0.5, 0.6) is 0 Å². The van der Waals surface area contributed by atoms with E-state index in [0.717, 1.165) is 22.5 Å². The van der Waals surface area contributed by atoms with Crippen LogP contribution in [0, 0.1) is 0 Å². The first-order valence-electron chi connectivity index (χ1n) is 23.2. The molecule has 4 rings (SSSR count). The van der Waals surface area contributed by atoms with Crippen molar-refractivity contribution in [3.8, 4) is 0 Å². The molecule has 2 aliphatic heterocycles. The van der Waals surface area contributed by atoms with Crippen LogP contribution in [0.2, 0.25) is 0 Å². The average Bonchev–Trinajstić information content (AvgIpc) is 3.42. The number of hydrogen-bond acceptors (Lipinski definition) is 14. The Morgan fingerprint density at radius 1 is 0.443 bits per heavy atom. The number of nitrogens with zero attached hydrogens (tertiary/aromatic N) is 6. The maximum atomic E-state index is 11.6. The van der Waals surface area contributed by atoms with Crippen molar-refractivity contribution >= 4 is 81.9 Å². The summed E-state index contributed by atoms with van der Waals surface area (Å²) in [7, 11) is 3.44. The molecule has 2 aromatic rings. The zero-order valence-electron chi connectivity index (χ0n) is 41.1. The van der Waals surface area contributed by atoms with E-state index >= 15 is 0 Å². The van der Waals surface area contributed by atoms with Crippen molar-refractivity contribution in [1.82, 2.24) is 40.0 Å². The van der Waals surface area contributed by atoms with Gasteiger partial charge in [-0.1, -0.05) is 52.0 Å². The Labute approximate surface area is 421 Å². The second-order valence-corrected chi connectivity index (χ2v) is 16.7. The number of rotatable bonds is 18. The molecule has 0 saturated carbocycles. The highest BCUT2D eigenvalue weighted by Gasteiger charge is 2.30. The number of carboxylic acid groups (broad SMARTS) is 6. The lowest BCUT2D eigenvalue weighted by Crippen LogP contribution is -2.49. The molecular weight excluding hydrogens is 949 g/mol. The van der Waals surface area contributed by atoms with Crippen LogP contribution in [0.4, 0.5) is 11.4 Å². The summed E-state index contributed by atoms with van der Waals surface area (Å²) in [5, 5.41) is 68.7. The van der Waals surface area contributed by atoms with Crippen molar-refractivity contribution in [2.75, 3.05) is 129 Å². The average molecular weight is 1020 g/mol. The minimum atomic E-state index is -0.992. The summed E-state index contributed by atoms with van der Waals surface area (Å²) in [6.45, 7) is 10.5. The maximum absolute atomic E-state index is 11.6. The number of thiocarbonyl (C=S) groups is 2. The summed E-state index contributed by atoms with van der Waals surface area (Å²) in [5.41, 5.74) is 3.56. The lowest BCUT2D eigenvalue weighted by atomic mass is 10.0. The Balaban J connectivity index is 0.000000654. The van der Waals surface area contributed by atoms with Gasteiger partial charge < -0.3 is 51.9 Å². The number of carbonyl (C=O) groups is 6. The zero-order chi connectivity index (χ0) is 52.8. The van der Waals surface area contributed by atoms with Gasteiger partial charge in [-0.25, -0.2) is 0 Å². The third kappa shape index (κ3) is 26.4. The van der Waals surface area contributed by atoms with Gasteiger partial charge in [0.25, 0.3) is 0 Å². The largest absolute Gasteiger partial charge is 0.480 e. The molecule has 2 atom stereocenters. The maximum Gasteiger partial charge on any atom is 0.317 e. The van der Waals surface area contributed by atoms with E-state index in [1.165, 1.54) is 0 Å². The van der Waals surface area contributed by atoms with Gasteiger partial charge in [-0.15, -0.1) is 0 Å². The van der Waals surface area contributed by atoms with Crippen molar-refractivity contribution in [1.29, 1.82) is 0 Å². The topological polar surface area (TPSA) is 291 Å². The first-order chi connectivity index (χ1) is 33.3. The highest BCUT2D eigenvalue weighted by Crippen LogP contribution is 2.18. The van der Waals surface area contributed by atoms with E-state index in [9.17, 15) is 59.4 Å². The quantitative estimate of drug-likeness (QED) is 0.0945. The van der Waals surface area contributed by atoms with Crippen LogP contribution >= 0.6 is 24.4 Å². The van der Waals surface area contributed by atoms with Crippen molar-refractivity contribution < 1.29 is 59.4 Å². The molecule has 22 nitrogen and oxygen atoms in total. The van der Waals surface area contributed by atoms with Crippen molar-refractivity contribution in [2.24, 2.45) is 0 Å². The molecule has 0 spiro atoms.